The molecule has 0 unspecified atom stereocenters. The zero-order valence-corrected chi connectivity index (χ0v) is 18.7. The van der Waals surface area contributed by atoms with Gasteiger partial charge in [0.25, 0.3) is 0 Å². The maximum Gasteiger partial charge on any atom is 0.111 e. The lowest BCUT2D eigenvalue weighted by molar-refractivity contribution is 0.112. The molecule has 158 valence electrons. The highest BCUT2D eigenvalue weighted by molar-refractivity contribution is 4.79. The van der Waals surface area contributed by atoms with Gasteiger partial charge < -0.3 is 0 Å². The van der Waals surface area contributed by atoms with Crippen LogP contribution in [0.5, 0.6) is 0 Å². The molecule has 0 atom stereocenters. The Morgan fingerprint density at radius 3 is 0.885 bits per heavy atom. The van der Waals surface area contributed by atoms with Gasteiger partial charge >= 0.3 is 0 Å². The van der Waals surface area contributed by atoms with E-state index >= 15 is 4.39 Å². The lowest BCUT2D eigenvalue weighted by Crippen LogP contribution is -2.23. The van der Waals surface area contributed by atoms with Crippen LogP contribution in [-0.2, 0) is 0 Å². The summed E-state index contributed by atoms with van der Waals surface area (Å²) in [5.74, 6) is 0. The van der Waals surface area contributed by atoms with E-state index in [0.29, 0.717) is 0 Å². The van der Waals surface area contributed by atoms with Gasteiger partial charge in [-0.05, 0) is 19.3 Å². The molecule has 0 fully saturated rings. The summed E-state index contributed by atoms with van der Waals surface area (Å²) in [4.78, 5) is 0. The molecular formula is C25H51F. The summed E-state index contributed by atoms with van der Waals surface area (Å²) in [5.41, 5.74) is -0.861. The van der Waals surface area contributed by atoms with E-state index in [0.717, 1.165) is 38.5 Å². The van der Waals surface area contributed by atoms with Gasteiger partial charge in [-0.25, -0.2) is 4.39 Å². The summed E-state index contributed by atoms with van der Waals surface area (Å²) >= 11 is 0. The van der Waals surface area contributed by atoms with E-state index in [2.05, 4.69) is 20.8 Å². The Bertz CT molecular complexity index is 220. The van der Waals surface area contributed by atoms with Crippen LogP contribution in [0.25, 0.3) is 0 Å². The highest BCUT2D eigenvalue weighted by atomic mass is 19.1. The van der Waals surface area contributed by atoms with Gasteiger partial charge in [0.05, 0.1) is 0 Å². The molecule has 1 heteroatoms. The van der Waals surface area contributed by atoms with Crippen molar-refractivity contribution in [3.63, 3.8) is 0 Å². The van der Waals surface area contributed by atoms with Crippen LogP contribution in [0.2, 0.25) is 0 Å². The number of rotatable bonds is 21. The smallest absolute Gasteiger partial charge is 0.111 e. The molecule has 0 heterocycles. The van der Waals surface area contributed by atoms with Gasteiger partial charge in [0, 0.05) is 0 Å². The summed E-state index contributed by atoms with van der Waals surface area (Å²) in [6.07, 6.45) is 25.3. The van der Waals surface area contributed by atoms with Gasteiger partial charge in [0.1, 0.15) is 5.67 Å². The predicted molar refractivity (Wildman–Crippen MR) is 118 cm³/mol. The Morgan fingerprint density at radius 2 is 0.615 bits per heavy atom. The van der Waals surface area contributed by atoms with Gasteiger partial charge in [0.15, 0.2) is 0 Å². The monoisotopic (exact) mass is 370 g/mol. The summed E-state index contributed by atoms with van der Waals surface area (Å²) < 4.78 is 15.5. The molecule has 0 nitrogen and oxygen atoms in total. The van der Waals surface area contributed by atoms with E-state index < -0.39 is 5.67 Å². The van der Waals surface area contributed by atoms with Gasteiger partial charge in [-0.15, -0.1) is 0 Å². The number of alkyl halides is 1. The fourth-order valence-electron chi connectivity index (χ4n) is 4.04. The van der Waals surface area contributed by atoms with Crippen LogP contribution in [-0.4, -0.2) is 5.67 Å². The van der Waals surface area contributed by atoms with Crippen molar-refractivity contribution < 1.29 is 4.39 Å². The summed E-state index contributed by atoms with van der Waals surface area (Å²) in [7, 11) is 0. The van der Waals surface area contributed by atoms with Gasteiger partial charge in [0.2, 0.25) is 0 Å². The third-order valence-electron chi connectivity index (χ3n) is 5.94. The van der Waals surface area contributed by atoms with Crippen molar-refractivity contribution in [2.24, 2.45) is 0 Å². The average molecular weight is 371 g/mol. The molecule has 0 spiro atoms. The molecule has 0 aromatic carbocycles. The lowest BCUT2D eigenvalue weighted by atomic mass is 9.86. The minimum atomic E-state index is -0.861. The predicted octanol–water partition coefficient (Wildman–Crippen LogP) is 9.95. The van der Waals surface area contributed by atoms with Crippen molar-refractivity contribution in [2.75, 3.05) is 0 Å². The second-order valence-corrected chi connectivity index (χ2v) is 8.70. The first-order valence-electron chi connectivity index (χ1n) is 12.4. The zero-order valence-electron chi connectivity index (χ0n) is 18.7. The maximum absolute atomic E-state index is 15.5. The normalized spacial score (nSPS) is 12.0. The molecule has 0 aromatic heterocycles. The average Bonchev–Trinajstić information content (AvgIpc) is 2.64. The highest BCUT2D eigenvalue weighted by Gasteiger charge is 2.27. The van der Waals surface area contributed by atoms with Crippen LogP contribution in [0.15, 0.2) is 0 Å². The van der Waals surface area contributed by atoms with Crippen molar-refractivity contribution in [1.29, 1.82) is 0 Å². The van der Waals surface area contributed by atoms with E-state index in [9.17, 15) is 0 Å². The van der Waals surface area contributed by atoms with Crippen LogP contribution in [0.3, 0.4) is 0 Å². The van der Waals surface area contributed by atoms with Crippen molar-refractivity contribution in [2.45, 2.75) is 161 Å². The standard InChI is InChI=1S/C25H51F/c1-4-7-10-13-16-19-22-25(26,23-20-17-14-11-8-5-2)24-21-18-15-12-9-6-3/h4-24H2,1-3H3. The van der Waals surface area contributed by atoms with Crippen molar-refractivity contribution >= 4 is 0 Å². The van der Waals surface area contributed by atoms with Crippen LogP contribution >= 0.6 is 0 Å². The molecule has 0 saturated heterocycles. The first kappa shape index (κ1) is 25.9. The van der Waals surface area contributed by atoms with Crippen LogP contribution in [0, 0.1) is 0 Å². The summed E-state index contributed by atoms with van der Waals surface area (Å²) in [6.45, 7) is 6.77. The van der Waals surface area contributed by atoms with E-state index in [4.69, 9.17) is 0 Å². The van der Waals surface area contributed by atoms with Gasteiger partial charge in [-0.1, -0.05) is 136 Å². The number of hydrogen-bond acceptors (Lipinski definition) is 0. The second-order valence-electron chi connectivity index (χ2n) is 8.70. The molecule has 0 rings (SSSR count). The third kappa shape index (κ3) is 17.3. The quantitative estimate of drug-likeness (QED) is 0.176. The first-order chi connectivity index (χ1) is 12.7. The number of halogens is 1. The van der Waals surface area contributed by atoms with Gasteiger partial charge in [-0.2, -0.15) is 0 Å². The largest absolute Gasteiger partial charge is 0.244 e. The Balaban J connectivity index is 4.02. The summed E-state index contributed by atoms with van der Waals surface area (Å²) in [6, 6.07) is 0. The molecule has 0 radical (unpaired) electrons. The van der Waals surface area contributed by atoms with E-state index in [-0.39, 0.29) is 0 Å². The van der Waals surface area contributed by atoms with Crippen molar-refractivity contribution in [3.05, 3.63) is 0 Å². The topological polar surface area (TPSA) is 0 Å². The van der Waals surface area contributed by atoms with Crippen LogP contribution in [0.4, 0.5) is 4.39 Å². The zero-order chi connectivity index (χ0) is 19.3. The Morgan fingerprint density at radius 1 is 0.385 bits per heavy atom. The minimum Gasteiger partial charge on any atom is -0.244 e. The van der Waals surface area contributed by atoms with E-state index in [1.807, 2.05) is 0 Å². The van der Waals surface area contributed by atoms with E-state index in [1.165, 1.54) is 96.3 Å². The van der Waals surface area contributed by atoms with Crippen molar-refractivity contribution in [3.8, 4) is 0 Å². The summed E-state index contributed by atoms with van der Waals surface area (Å²) in [5, 5.41) is 0. The molecule has 0 aliphatic heterocycles. The molecule has 0 saturated carbocycles. The fourth-order valence-corrected chi connectivity index (χ4v) is 4.04. The second kappa shape index (κ2) is 19.7. The van der Waals surface area contributed by atoms with Crippen molar-refractivity contribution in [1.82, 2.24) is 0 Å². The minimum absolute atomic E-state index is 0.822. The molecule has 26 heavy (non-hydrogen) atoms. The molecule has 0 bridgehead atoms. The van der Waals surface area contributed by atoms with E-state index in [1.54, 1.807) is 0 Å². The molecule has 0 amide bonds. The lowest BCUT2D eigenvalue weighted by Gasteiger charge is -2.26. The first-order valence-corrected chi connectivity index (χ1v) is 12.4. The molecule has 0 aromatic rings. The molecule has 0 aliphatic rings. The fraction of sp³-hybridized carbons (Fsp3) is 1.00. The molecular weight excluding hydrogens is 319 g/mol. The molecule has 0 N–H and O–H groups in total. The maximum atomic E-state index is 15.5. The Hall–Kier alpha value is -0.0700. The van der Waals surface area contributed by atoms with Crippen LogP contribution in [0.1, 0.15) is 156 Å². The highest BCUT2D eigenvalue weighted by Crippen LogP contribution is 2.33. The number of hydrogen-bond donors (Lipinski definition) is 0. The Kier molecular flexibility index (Phi) is 19.6. The molecule has 0 aliphatic carbocycles. The SMILES string of the molecule is CCCCCCCCC(F)(CCCCCCCC)CCCCCCCC. The number of unbranched alkanes of at least 4 members (excludes halogenated alkanes) is 15. The Labute approximate surface area is 166 Å². The third-order valence-corrected chi connectivity index (χ3v) is 5.94. The van der Waals surface area contributed by atoms with Gasteiger partial charge in [-0.3, -0.25) is 0 Å². The van der Waals surface area contributed by atoms with Crippen LogP contribution < -0.4 is 0 Å².